The van der Waals surface area contributed by atoms with Crippen molar-refractivity contribution in [1.82, 2.24) is 10.3 Å². The lowest BCUT2D eigenvalue weighted by Crippen LogP contribution is -2.40. The summed E-state index contributed by atoms with van der Waals surface area (Å²) in [5.41, 5.74) is 0.408. The monoisotopic (exact) mass is 327 g/mol. The highest BCUT2D eigenvalue weighted by Gasteiger charge is 2.32. The second-order valence-electron chi connectivity index (χ2n) is 5.13. The number of hydrogen-bond donors (Lipinski definition) is 1. The van der Waals surface area contributed by atoms with Crippen molar-refractivity contribution < 1.29 is 9.72 Å². The molecule has 0 bridgehead atoms. The van der Waals surface area contributed by atoms with E-state index in [-0.39, 0.29) is 22.7 Å². The van der Waals surface area contributed by atoms with Crippen LogP contribution in [0.3, 0.4) is 0 Å². The highest BCUT2D eigenvalue weighted by atomic mass is 79.9. The van der Waals surface area contributed by atoms with Gasteiger partial charge in [0.2, 0.25) is 0 Å². The molecule has 1 fully saturated rings. The van der Waals surface area contributed by atoms with E-state index in [9.17, 15) is 14.9 Å². The van der Waals surface area contributed by atoms with Crippen molar-refractivity contribution in [3.63, 3.8) is 0 Å². The fraction of sp³-hybridized carbons (Fsp3) is 0.500. The van der Waals surface area contributed by atoms with Crippen LogP contribution in [0.25, 0.3) is 0 Å². The van der Waals surface area contributed by atoms with Crippen molar-refractivity contribution >= 4 is 27.7 Å². The van der Waals surface area contributed by atoms with Gasteiger partial charge in [0.05, 0.1) is 10.0 Å². The average Bonchev–Trinajstić information content (AvgIpc) is 2.34. The second kappa shape index (κ2) is 5.24. The van der Waals surface area contributed by atoms with Crippen LogP contribution in [0.2, 0.25) is 0 Å². The van der Waals surface area contributed by atoms with Gasteiger partial charge in [-0.3, -0.25) is 4.79 Å². The van der Waals surface area contributed by atoms with E-state index in [2.05, 4.69) is 33.2 Å². The van der Waals surface area contributed by atoms with Crippen LogP contribution in [0.15, 0.2) is 16.7 Å². The summed E-state index contributed by atoms with van der Waals surface area (Å²) in [4.78, 5) is 25.7. The van der Waals surface area contributed by atoms with Gasteiger partial charge in [-0.1, -0.05) is 13.3 Å². The summed E-state index contributed by atoms with van der Waals surface area (Å²) in [5, 5.41) is 13.5. The Morgan fingerprint density at radius 3 is 2.84 bits per heavy atom. The van der Waals surface area contributed by atoms with Gasteiger partial charge in [-0.2, -0.15) is 0 Å². The average molecular weight is 328 g/mol. The summed E-state index contributed by atoms with van der Waals surface area (Å²) in [6.07, 6.45) is 4.67. The SMILES string of the molecule is CC1(CNC(=O)c2cc([N+](=O)[O-])ncc2Br)CCC1. The van der Waals surface area contributed by atoms with Crippen molar-refractivity contribution in [1.29, 1.82) is 0 Å². The molecule has 0 spiro atoms. The minimum absolute atomic E-state index is 0.168. The third-order valence-corrected chi connectivity index (χ3v) is 4.14. The molecular weight excluding hydrogens is 314 g/mol. The molecule has 1 N–H and O–H groups in total. The first kappa shape index (κ1) is 13.9. The van der Waals surface area contributed by atoms with E-state index in [1.165, 1.54) is 18.7 Å². The van der Waals surface area contributed by atoms with Gasteiger partial charge in [0.25, 0.3) is 5.91 Å². The van der Waals surface area contributed by atoms with E-state index < -0.39 is 4.92 Å². The molecule has 7 heteroatoms. The molecule has 1 heterocycles. The maximum atomic E-state index is 12.0. The molecule has 19 heavy (non-hydrogen) atoms. The van der Waals surface area contributed by atoms with Gasteiger partial charge in [-0.05, 0) is 44.1 Å². The third-order valence-electron chi connectivity index (χ3n) is 3.51. The zero-order valence-corrected chi connectivity index (χ0v) is 12.1. The molecule has 0 saturated heterocycles. The number of rotatable bonds is 4. The van der Waals surface area contributed by atoms with Gasteiger partial charge in [0.1, 0.15) is 0 Å². The van der Waals surface area contributed by atoms with Crippen LogP contribution >= 0.6 is 15.9 Å². The molecule has 1 saturated carbocycles. The smallest absolute Gasteiger partial charge is 0.358 e. The number of nitro groups is 1. The van der Waals surface area contributed by atoms with Gasteiger partial charge in [-0.25, -0.2) is 0 Å². The van der Waals surface area contributed by atoms with E-state index in [0.717, 1.165) is 12.8 Å². The molecule has 102 valence electrons. The molecule has 1 aromatic heterocycles. The number of aromatic nitrogens is 1. The summed E-state index contributed by atoms with van der Waals surface area (Å²) < 4.78 is 0.453. The first-order chi connectivity index (χ1) is 8.91. The van der Waals surface area contributed by atoms with Crippen LogP contribution in [0.1, 0.15) is 36.5 Å². The third kappa shape index (κ3) is 3.09. The molecule has 6 nitrogen and oxygen atoms in total. The summed E-state index contributed by atoms with van der Waals surface area (Å²) in [6, 6.07) is 1.18. The minimum atomic E-state index is -0.615. The normalized spacial score (nSPS) is 16.5. The Labute approximate surface area is 118 Å². The molecule has 0 aromatic carbocycles. The maximum absolute atomic E-state index is 12.0. The molecule has 1 aliphatic carbocycles. The van der Waals surface area contributed by atoms with Gasteiger partial charge < -0.3 is 15.4 Å². The highest BCUT2D eigenvalue weighted by Crippen LogP contribution is 2.39. The Morgan fingerprint density at radius 2 is 2.32 bits per heavy atom. The van der Waals surface area contributed by atoms with Crippen LogP contribution in [0.5, 0.6) is 0 Å². The Bertz CT molecular complexity index is 529. The summed E-state index contributed by atoms with van der Waals surface area (Å²) in [5.74, 6) is -0.645. The van der Waals surface area contributed by atoms with Crippen molar-refractivity contribution in [2.24, 2.45) is 5.41 Å². The predicted molar refractivity (Wildman–Crippen MR) is 72.9 cm³/mol. The summed E-state index contributed by atoms with van der Waals surface area (Å²) in [6.45, 7) is 2.72. The summed E-state index contributed by atoms with van der Waals surface area (Å²) >= 11 is 3.19. The molecule has 0 radical (unpaired) electrons. The second-order valence-corrected chi connectivity index (χ2v) is 5.98. The quantitative estimate of drug-likeness (QED) is 0.680. The summed E-state index contributed by atoms with van der Waals surface area (Å²) in [7, 11) is 0. The predicted octanol–water partition coefficient (Wildman–Crippen LogP) is 2.67. The Morgan fingerprint density at radius 1 is 1.63 bits per heavy atom. The number of halogens is 1. The number of nitrogens with one attached hydrogen (secondary N) is 1. The fourth-order valence-electron chi connectivity index (χ4n) is 2.05. The molecular formula is C12H14BrN3O3. The van der Waals surface area contributed by atoms with Crippen LogP contribution < -0.4 is 5.32 Å². The van der Waals surface area contributed by atoms with Crippen molar-refractivity contribution in [3.8, 4) is 0 Å². The first-order valence-corrected chi connectivity index (χ1v) is 6.79. The molecule has 1 aliphatic rings. The van der Waals surface area contributed by atoms with Gasteiger partial charge >= 0.3 is 5.82 Å². The Balaban J connectivity index is 2.09. The zero-order chi connectivity index (χ0) is 14.0. The van der Waals surface area contributed by atoms with Crippen LogP contribution in [-0.4, -0.2) is 22.4 Å². The zero-order valence-electron chi connectivity index (χ0n) is 10.5. The number of carbonyl (C=O) groups excluding carboxylic acids is 1. The number of pyridine rings is 1. The molecule has 1 aromatic rings. The highest BCUT2D eigenvalue weighted by molar-refractivity contribution is 9.10. The standard InChI is InChI=1S/C12H14BrN3O3/c1-12(3-2-4-12)7-15-11(17)8-5-10(16(18)19)14-6-9(8)13/h5-6H,2-4,7H2,1H3,(H,15,17). The lowest BCUT2D eigenvalue weighted by atomic mass is 9.70. The Hall–Kier alpha value is -1.50. The number of nitrogens with zero attached hydrogens (tertiary/aromatic N) is 2. The van der Waals surface area contributed by atoms with Crippen LogP contribution in [0.4, 0.5) is 5.82 Å². The first-order valence-electron chi connectivity index (χ1n) is 5.99. The van der Waals surface area contributed by atoms with Gasteiger partial charge in [0.15, 0.2) is 6.20 Å². The van der Waals surface area contributed by atoms with E-state index >= 15 is 0 Å². The lowest BCUT2D eigenvalue weighted by Gasteiger charge is -2.38. The van der Waals surface area contributed by atoms with Gasteiger partial charge in [0, 0.05) is 12.6 Å². The number of hydrogen-bond acceptors (Lipinski definition) is 4. The van der Waals surface area contributed by atoms with Crippen molar-refractivity contribution in [3.05, 3.63) is 32.4 Å². The molecule has 0 aliphatic heterocycles. The Kier molecular flexibility index (Phi) is 3.84. The molecule has 0 unspecified atom stereocenters. The van der Waals surface area contributed by atoms with E-state index in [0.29, 0.717) is 11.0 Å². The van der Waals surface area contributed by atoms with Gasteiger partial charge in [-0.15, -0.1) is 0 Å². The van der Waals surface area contributed by atoms with Crippen LogP contribution in [0, 0.1) is 15.5 Å². The number of amides is 1. The van der Waals surface area contributed by atoms with E-state index in [1.54, 1.807) is 0 Å². The molecule has 0 atom stereocenters. The molecule has 1 amide bonds. The molecule has 2 rings (SSSR count). The van der Waals surface area contributed by atoms with Crippen molar-refractivity contribution in [2.75, 3.05) is 6.54 Å². The number of carbonyl (C=O) groups is 1. The topological polar surface area (TPSA) is 85.1 Å². The van der Waals surface area contributed by atoms with Crippen LogP contribution in [-0.2, 0) is 0 Å². The van der Waals surface area contributed by atoms with E-state index in [1.807, 2.05) is 0 Å². The largest absolute Gasteiger partial charge is 0.364 e. The van der Waals surface area contributed by atoms with E-state index in [4.69, 9.17) is 0 Å². The lowest BCUT2D eigenvalue weighted by molar-refractivity contribution is -0.389. The maximum Gasteiger partial charge on any atom is 0.364 e. The van der Waals surface area contributed by atoms with Crippen molar-refractivity contribution in [2.45, 2.75) is 26.2 Å². The fourth-order valence-corrected chi connectivity index (χ4v) is 2.44. The minimum Gasteiger partial charge on any atom is -0.358 e.